The number of nitrogens with one attached hydrogen (secondary N) is 1. The van der Waals surface area contributed by atoms with E-state index in [1.54, 1.807) is 23.9 Å². The van der Waals surface area contributed by atoms with Gasteiger partial charge in [0.05, 0.1) is 19.8 Å². The number of rotatable bonds is 5. The molecule has 2 aromatic rings. The Morgan fingerprint density at radius 2 is 1.88 bits per heavy atom. The molecule has 0 saturated carbocycles. The Morgan fingerprint density at radius 3 is 2.68 bits per heavy atom. The first-order valence-electron chi connectivity index (χ1n) is 8.06. The Bertz CT molecular complexity index is 738. The molecular formula is C18H20FN3O2S. The van der Waals surface area contributed by atoms with Crippen LogP contribution in [0.25, 0.3) is 0 Å². The highest BCUT2D eigenvalue weighted by molar-refractivity contribution is 7.99. The second-order valence-corrected chi connectivity index (χ2v) is 6.57. The molecule has 0 unspecified atom stereocenters. The molecule has 0 aliphatic carbocycles. The SMILES string of the molecule is NC(=NCCSc1ccc(F)cc1)Nc1ccc2c(c1)OCCCO2. The van der Waals surface area contributed by atoms with Gasteiger partial charge in [0.1, 0.15) is 5.82 Å². The number of hydrogen-bond acceptors (Lipinski definition) is 4. The molecule has 1 aliphatic heterocycles. The average molecular weight is 361 g/mol. The van der Waals surface area contributed by atoms with Gasteiger partial charge in [-0.05, 0) is 36.4 Å². The highest BCUT2D eigenvalue weighted by Crippen LogP contribution is 2.32. The van der Waals surface area contributed by atoms with Crippen LogP contribution in [0.5, 0.6) is 11.5 Å². The number of nitrogens with zero attached hydrogens (tertiary/aromatic N) is 1. The lowest BCUT2D eigenvalue weighted by atomic mass is 10.3. The number of benzene rings is 2. The summed E-state index contributed by atoms with van der Waals surface area (Å²) in [6, 6.07) is 12.0. The van der Waals surface area contributed by atoms with Crippen molar-refractivity contribution in [3.8, 4) is 11.5 Å². The minimum atomic E-state index is -0.231. The summed E-state index contributed by atoms with van der Waals surface area (Å²) in [5.74, 6) is 2.33. The summed E-state index contributed by atoms with van der Waals surface area (Å²) in [7, 11) is 0. The molecule has 1 heterocycles. The van der Waals surface area contributed by atoms with E-state index < -0.39 is 0 Å². The Kier molecular flexibility index (Phi) is 6.00. The van der Waals surface area contributed by atoms with Crippen LogP contribution in [0.15, 0.2) is 52.4 Å². The second kappa shape index (κ2) is 8.62. The van der Waals surface area contributed by atoms with Gasteiger partial charge in [-0.25, -0.2) is 4.39 Å². The minimum absolute atomic E-state index is 0.231. The summed E-state index contributed by atoms with van der Waals surface area (Å²) in [5.41, 5.74) is 6.72. The van der Waals surface area contributed by atoms with Crippen molar-refractivity contribution in [1.29, 1.82) is 0 Å². The fraction of sp³-hybridized carbons (Fsp3) is 0.278. The fourth-order valence-corrected chi connectivity index (χ4v) is 3.04. The van der Waals surface area contributed by atoms with Gasteiger partial charge < -0.3 is 20.5 Å². The van der Waals surface area contributed by atoms with Crippen LogP contribution in [0.1, 0.15) is 6.42 Å². The van der Waals surface area contributed by atoms with Gasteiger partial charge in [0.2, 0.25) is 0 Å². The smallest absolute Gasteiger partial charge is 0.193 e. The van der Waals surface area contributed by atoms with E-state index in [4.69, 9.17) is 15.2 Å². The molecule has 1 aliphatic rings. The van der Waals surface area contributed by atoms with Gasteiger partial charge in [-0.2, -0.15) is 0 Å². The molecule has 7 heteroatoms. The van der Waals surface area contributed by atoms with Crippen molar-refractivity contribution in [3.63, 3.8) is 0 Å². The van der Waals surface area contributed by atoms with Gasteiger partial charge in [0, 0.05) is 28.8 Å². The lowest BCUT2D eigenvalue weighted by molar-refractivity contribution is 0.297. The van der Waals surface area contributed by atoms with Crippen molar-refractivity contribution < 1.29 is 13.9 Å². The van der Waals surface area contributed by atoms with Crippen LogP contribution in [-0.4, -0.2) is 31.5 Å². The van der Waals surface area contributed by atoms with E-state index in [9.17, 15) is 4.39 Å². The number of guanidine groups is 1. The maximum Gasteiger partial charge on any atom is 0.193 e. The molecule has 25 heavy (non-hydrogen) atoms. The standard InChI is InChI=1S/C18H20FN3O2S/c19-13-2-5-15(6-3-13)25-11-8-21-18(20)22-14-4-7-16-17(12-14)24-10-1-9-23-16/h2-7,12H,1,8-11H2,(H3,20,21,22). The number of anilines is 1. The quantitative estimate of drug-likeness (QED) is 0.369. The van der Waals surface area contributed by atoms with Gasteiger partial charge in [-0.1, -0.05) is 0 Å². The molecule has 0 amide bonds. The van der Waals surface area contributed by atoms with E-state index in [-0.39, 0.29) is 5.82 Å². The molecule has 0 atom stereocenters. The zero-order valence-electron chi connectivity index (χ0n) is 13.7. The summed E-state index contributed by atoms with van der Waals surface area (Å²) in [6.07, 6.45) is 0.868. The van der Waals surface area contributed by atoms with E-state index in [1.165, 1.54) is 12.1 Å². The first kappa shape index (κ1) is 17.4. The number of nitrogens with two attached hydrogens (primary N) is 1. The molecule has 0 spiro atoms. The minimum Gasteiger partial charge on any atom is -0.490 e. The van der Waals surface area contributed by atoms with E-state index in [2.05, 4.69) is 10.3 Å². The predicted octanol–water partition coefficient (Wildman–Crippen LogP) is 3.51. The van der Waals surface area contributed by atoms with Gasteiger partial charge in [0.15, 0.2) is 17.5 Å². The van der Waals surface area contributed by atoms with Crippen molar-refractivity contribution in [2.75, 3.05) is 30.8 Å². The lowest BCUT2D eigenvalue weighted by Crippen LogP contribution is -2.23. The molecule has 0 aromatic heterocycles. The molecule has 5 nitrogen and oxygen atoms in total. The van der Waals surface area contributed by atoms with Crippen LogP contribution in [0.3, 0.4) is 0 Å². The van der Waals surface area contributed by atoms with Crippen LogP contribution in [0.2, 0.25) is 0 Å². The Labute approximate surface area is 150 Å². The monoisotopic (exact) mass is 361 g/mol. The number of halogens is 1. The van der Waals surface area contributed by atoms with Gasteiger partial charge in [0.25, 0.3) is 0 Å². The average Bonchev–Trinajstić information content (AvgIpc) is 2.85. The lowest BCUT2D eigenvalue weighted by Gasteiger charge is -2.10. The first-order chi connectivity index (χ1) is 12.2. The topological polar surface area (TPSA) is 68.9 Å². The Morgan fingerprint density at radius 1 is 1.12 bits per heavy atom. The molecule has 0 bridgehead atoms. The first-order valence-corrected chi connectivity index (χ1v) is 9.04. The van der Waals surface area contributed by atoms with Crippen molar-refractivity contribution in [2.24, 2.45) is 10.7 Å². The highest BCUT2D eigenvalue weighted by atomic mass is 32.2. The zero-order valence-corrected chi connectivity index (χ0v) is 14.5. The predicted molar refractivity (Wildman–Crippen MR) is 99.3 cm³/mol. The van der Waals surface area contributed by atoms with E-state index >= 15 is 0 Å². The van der Waals surface area contributed by atoms with Crippen LogP contribution < -0.4 is 20.5 Å². The number of ether oxygens (including phenoxy) is 2. The molecular weight excluding hydrogens is 341 g/mol. The Balaban J connectivity index is 1.49. The summed E-state index contributed by atoms with van der Waals surface area (Å²) in [6.45, 7) is 1.86. The van der Waals surface area contributed by atoms with Crippen LogP contribution in [0.4, 0.5) is 10.1 Å². The van der Waals surface area contributed by atoms with Crippen molar-refractivity contribution >= 4 is 23.4 Å². The van der Waals surface area contributed by atoms with Crippen LogP contribution in [-0.2, 0) is 0 Å². The van der Waals surface area contributed by atoms with E-state index in [0.29, 0.717) is 31.5 Å². The van der Waals surface area contributed by atoms with E-state index in [1.807, 2.05) is 18.2 Å². The molecule has 0 saturated heterocycles. The molecule has 132 valence electrons. The van der Waals surface area contributed by atoms with Crippen molar-refractivity contribution in [1.82, 2.24) is 0 Å². The third-order valence-corrected chi connectivity index (χ3v) is 4.47. The highest BCUT2D eigenvalue weighted by Gasteiger charge is 2.10. The van der Waals surface area contributed by atoms with Crippen molar-refractivity contribution in [2.45, 2.75) is 11.3 Å². The largest absolute Gasteiger partial charge is 0.490 e. The van der Waals surface area contributed by atoms with Gasteiger partial charge in [-0.15, -0.1) is 11.8 Å². The van der Waals surface area contributed by atoms with Gasteiger partial charge in [-0.3, -0.25) is 4.99 Å². The van der Waals surface area contributed by atoms with E-state index in [0.717, 1.165) is 28.5 Å². The Hall–Kier alpha value is -2.41. The summed E-state index contributed by atoms with van der Waals surface area (Å²) < 4.78 is 24.1. The maximum atomic E-state index is 12.8. The summed E-state index contributed by atoms with van der Waals surface area (Å²) in [5, 5.41) is 3.05. The third-order valence-electron chi connectivity index (χ3n) is 3.48. The number of thioether (sulfide) groups is 1. The number of hydrogen-bond donors (Lipinski definition) is 2. The molecule has 3 rings (SSSR count). The third kappa shape index (κ3) is 5.29. The summed E-state index contributed by atoms with van der Waals surface area (Å²) in [4.78, 5) is 5.30. The fourth-order valence-electron chi connectivity index (χ4n) is 2.29. The van der Waals surface area contributed by atoms with Crippen molar-refractivity contribution in [3.05, 3.63) is 48.3 Å². The molecule has 2 aromatic carbocycles. The van der Waals surface area contributed by atoms with Gasteiger partial charge >= 0.3 is 0 Å². The van der Waals surface area contributed by atoms with Crippen LogP contribution in [0, 0.1) is 5.82 Å². The summed E-state index contributed by atoms with van der Waals surface area (Å²) >= 11 is 1.60. The number of aliphatic imine (C=N–C) groups is 1. The molecule has 3 N–H and O–H groups in total. The second-order valence-electron chi connectivity index (χ2n) is 5.41. The zero-order chi connectivity index (χ0) is 17.5. The normalized spacial score (nSPS) is 14.0. The molecule has 0 fully saturated rings. The molecule has 0 radical (unpaired) electrons. The maximum absolute atomic E-state index is 12.8. The number of fused-ring (bicyclic) bond motifs is 1. The van der Waals surface area contributed by atoms with Crippen LogP contribution >= 0.6 is 11.8 Å².